The Balaban J connectivity index is 1.86. The molecule has 3 N–H and O–H groups in total. The molecule has 1 aliphatic heterocycles. The van der Waals surface area contributed by atoms with E-state index >= 15 is 0 Å². The Bertz CT molecular complexity index is 640. The fourth-order valence-electron chi connectivity index (χ4n) is 2.69. The maximum absolute atomic E-state index is 11.3. The van der Waals surface area contributed by atoms with Crippen LogP contribution in [0.1, 0.15) is 5.56 Å². The summed E-state index contributed by atoms with van der Waals surface area (Å²) in [7, 11) is 0. The summed E-state index contributed by atoms with van der Waals surface area (Å²) < 4.78 is 0. The van der Waals surface area contributed by atoms with E-state index in [-0.39, 0.29) is 0 Å². The number of rotatable bonds is 3. The highest BCUT2D eigenvalue weighted by Gasteiger charge is 2.28. The highest BCUT2D eigenvalue weighted by molar-refractivity contribution is 6.31. The molecule has 0 saturated carbocycles. The maximum atomic E-state index is 11.3. The third-order valence-corrected chi connectivity index (χ3v) is 3.98. The van der Waals surface area contributed by atoms with Crippen LogP contribution in [-0.2, 0) is 11.3 Å². The molecule has 3 rings (SSSR count). The summed E-state index contributed by atoms with van der Waals surface area (Å²) in [6.45, 7) is 2.67. The van der Waals surface area contributed by atoms with Crippen LogP contribution in [0.2, 0.25) is 5.02 Å². The predicted molar refractivity (Wildman–Crippen MR) is 78.0 cm³/mol. The molecule has 2 heterocycles. The number of H-pyrrole nitrogens is 1. The Labute approximate surface area is 121 Å². The molecule has 2 aromatic rings. The standard InChI is InChI=1S/C14H16ClN3O2/c15-10-1-2-11-9(6-17-12(11)5-10)8-18-4-3-16-7-13(18)14(19)20/h1-2,5-6,13,16-17H,3-4,7-8H2,(H,19,20). The minimum atomic E-state index is -0.778. The molecule has 1 atom stereocenters. The number of nitrogens with zero attached hydrogens (tertiary/aromatic N) is 1. The summed E-state index contributed by atoms with van der Waals surface area (Å²) in [6.07, 6.45) is 1.93. The first kappa shape index (κ1) is 13.4. The molecule has 1 saturated heterocycles. The Morgan fingerprint density at radius 1 is 1.50 bits per heavy atom. The van der Waals surface area contributed by atoms with Gasteiger partial charge in [-0.15, -0.1) is 0 Å². The first-order valence-corrected chi connectivity index (χ1v) is 6.96. The molecule has 1 aliphatic rings. The van der Waals surface area contributed by atoms with E-state index in [9.17, 15) is 9.90 Å². The summed E-state index contributed by atoms with van der Waals surface area (Å²) in [4.78, 5) is 16.5. The molecule has 20 heavy (non-hydrogen) atoms. The molecular weight excluding hydrogens is 278 g/mol. The molecule has 0 spiro atoms. The van der Waals surface area contributed by atoms with Gasteiger partial charge in [0, 0.05) is 48.3 Å². The molecule has 1 unspecified atom stereocenters. The van der Waals surface area contributed by atoms with Crippen LogP contribution in [0.15, 0.2) is 24.4 Å². The van der Waals surface area contributed by atoms with Crippen LogP contribution in [0.5, 0.6) is 0 Å². The van der Waals surface area contributed by atoms with Crippen molar-refractivity contribution in [2.75, 3.05) is 19.6 Å². The summed E-state index contributed by atoms with van der Waals surface area (Å²) in [5.41, 5.74) is 2.08. The highest BCUT2D eigenvalue weighted by Crippen LogP contribution is 2.24. The lowest BCUT2D eigenvalue weighted by Crippen LogP contribution is -2.54. The van der Waals surface area contributed by atoms with Crippen LogP contribution < -0.4 is 5.32 Å². The SMILES string of the molecule is O=C(O)C1CNCCN1Cc1c[nH]c2cc(Cl)ccc12. The number of aromatic nitrogens is 1. The molecule has 106 valence electrons. The Morgan fingerprint density at radius 3 is 3.15 bits per heavy atom. The lowest BCUT2D eigenvalue weighted by molar-refractivity contribution is -0.144. The van der Waals surface area contributed by atoms with E-state index in [2.05, 4.69) is 10.3 Å². The molecule has 1 aromatic carbocycles. The average molecular weight is 294 g/mol. The lowest BCUT2D eigenvalue weighted by Gasteiger charge is -2.33. The fourth-order valence-corrected chi connectivity index (χ4v) is 2.86. The first-order valence-electron chi connectivity index (χ1n) is 6.58. The Hall–Kier alpha value is -1.56. The van der Waals surface area contributed by atoms with Gasteiger partial charge in [0.25, 0.3) is 0 Å². The molecule has 0 amide bonds. The number of nitrogens with one attached hydrogen (secondary N) is 2. The van der Waals surface area contributed by atoms with Gasteiger partial charge >= 0.3 is 5.97 Å². The number of fused-ring (bicyclic) bond motifs is 1. The molecule has 0 radical (unpaired) electrons. The van der Waals surface area contributed by atoms with Crippen LogP contribution in [0.4, 0.5) is 0 Å². The zero-order valence-corrected chi connectivity index (χ0v) is 11.7. The second kappa shape index (κ2) is 5.44. The topological polar surface area (TPSA) is 68.4 Å². The van der Waals surface area contributed by atoms with Crippen LogP contribution in [0.25, 0.3) is 10.9 Å². The number of carboxylic acid groups (broad SMARTS) is 1. The van der Waals surface area contributed by atoms with Gasteiger partial charge in [-0.1, -0.05) is 17.7 Å². The number of piperazine rings is 1. The van der Waals surface area contributed by atoms with Gasteiger partial charge in [0.15, 0.2) is 0 Å². The summed E-state index contributed by atoms with van der Waals surface area (Å²) in [6, 6.07) is 5.24. The van der Waals surface area contributed by atoms with Gasteiger partial charge in [-0.25, -0.2) is 0 Å². The average Bonchev–Trinajstić information content (AvgIpc) is 2.81. The summed E-state index contributed by atoms with van der Waals surface area (Å²) >= 11 is 5.97. The summed E-state index contributed by atoms with van der Waals surface area (Å²) in [5.74, 6) is -0.778. The summed E-state index contributed by atoms with van der Waals surface area (Å²) in [5, 5.41) is 14.2. The highest BCUT2D eigenvalue weighted by atomic mass is 35.5. The van der Waals surface area contributed by atoms with Crippen molar-refractivity contribution in [1.29, 1.82) is 0 Å². The van der Waals surface area contributed by atoms with E-state index in [0.29, 0.717) is 18.1 Å². The minimum absolute atomic E-state index is 0.471. The smallest absolute Gasteiger partial charge is 0.322 e. The number of benzene rings is 1. The van der Waals surface area contributed by atoms with Crippen LogP contribution in [0.3, 0.4) is 0 Å². The third-order valence-electron chi connectivity index (χ3n) is 3.74. The van der Waals surface area contributed by atoms with Crippen molar-refractivity contribution in [3.05, 3.63) is 35.0 Å². The molecule has 1 fully saturated rings. The fraction of sp³-hybridized carbons (Fsp3) is 0.357. The normalized spacial score (nSPS) is 20.4. The molecule has 0 aliphatic carbocycles. The second-order valence-electron chi connectivity index (χ2n) is 5.03. The van der Waals surface area contributed by atoms with Gasteiger partial charge < -0.3 is 15.4 Å². The van der Waals surface area contributed by atoms with E-state index in [1.807, 2.05) is 29.3 Å². The molecule has 0 bridgehead atoms. The zero-order valence-electron chi connectivity index (χ0n) is 10.9. The second-order valence-corrected chi connectivity index (χ2v) is 5.47. The Kier molecular flexibility index (Phi) is 3.65. The van der Waals surface area contributed by atoms with Gasteiger partial charge in [-0.3, -0.25) is 9.69 Å². The van der Waals surface area contributed by atoms with E-state index < -0.39 is 12.0 Å². The van der Waals surface area contributed by atoms with Crippen molar-refractivity contribution in [3.63, 3.8) is 0 Å². The molecule has 5 nitrogen and oxygen atoms in total. The van der Waals surface area contributed by atoms with E-state index in [0.717, 1.165) is 29.6 Å². The van der Waals surface area contributed by atoms with Crippen molar-refractivity contribution in [2.24, 2.45) is 0 Å². The lowest BCUT2D eigenvalue weighted by atomic mass is 10.1. The number of carbonyl (C=O) groups is 1. The van der Waals surface area contributed by atoms with Crippen molar-refractivity contribution in [1.82, 2.24) is 15.2 Å². The molecule has 1 aromatic heterocycles. The number of carboxylic acids is 1. The van der Waals surface area contributed by atoms with Gasteiger partial charge in [-0.2, -0.15) is 0 Å². The molecule has 6 heteroatoms. The van der Waals surface area contributed by atoms with E-state index in [1.54, 1.807) is 0 Å². The largest absolute Gasteiger partial charge is 0.480 e. The van der Waals surface area contributed by atoms with E-state index in [4.69, 9.17) is 11.6 Å². The van der Waals surface area contributed by atoms with Gasteiger partial charge in [0.05, 0.1) is 0 Å². The maximum Gasteiger partial charge on any atom is 0.322 e. The van der Waals surface area contributed by atoms with Crippen LogP contribution in [-0.4, -0.2) is 46.6 Å². The van der Waals surface area contributed by atoms with Crippen molar-refractivity contribution >= 4 is 28.5 Å². The van der Waals surface area contributed by atoms with Crippen molar-refractivity contribution < 1.29 is 9.90 Å². The van der Waals surface area contributed by atoms with Gasteiger partial charge in [-0.05, 0) is 17.7 Å². The van der Waals surface area contributed by atoms with Crippen molar-refractivity contribution in [2.45, 2.75) is 12.6 Å². The molecular formula is C14H16ClN3O2. The number of halogens is 1. The number of hydrogen-bond donors (Lipinski definition) is 3. The van der Waals surface area contributed by atoms with Crippen LogP contribution in [0, 0.1) is 0 Å². The monoisotopic (exact) mass is 293 g/mol. The third kappa shape index (κ3) is 2.52. The quantitative estimate of drug-likeness (QED) is 0.805. The zero-order chi connectivity index (χ0) is 14.1. The van der Waals surface area contributed by atoms with Gasteiger partial charge in [0.2, 0.25) is 0 Å². The van der Waals surface area contributed by atoms with E-state index in [1.165, 1.54) is 0 Å². The first-order chi connectivity index (χ1) is 9.65. The predicted octanol–water partition coefficient (Wildman–Crippen LogP) is 1.68. The minimum Gasteiger partial charge on any atom is -0.480 e. The van der Waals surface area contributed by atoms with Crippen molar-refractivity contribution in [3.8, 4) is 0 Å². The van der Waals surface area contributed by atoms with Gasteiger partial charge in [0.1, 0.15) is 6.04 Å². The number of aliphatic carboxylic acids is 1. The Morgan fingerprint density at radius 2 is 2.35 bits per heavy atom. The number of hydrogen-bond acceptors (Lipinski definition) is 3. The number of aromatic amines is 1. The van der Waals surface area contributed by atoms with Crippen LogP contribution >= 0.6 is 11.6 Å².